The summed E-state index contributed by atoms with van der Waals surface area (Å²) in [5.74, 6) is 0. The third-order valence-corrected chi connectivity index (χ3v) is 3.60. The number of nitrogens with one attached hydrogen (secondary N) is 1. The number of rotatable bonds is 5. The van der Waals surface area contributed by atoms with Crippen molar-refractivity contribution in [1.82, 2.24) is 0 Å². The van der Waals surface area contributed by atoms with Gasteiger partial charge in [-0.05, 0) is 31.0 Å². The van der Waals surface area contributed by atoms with E-state index in [2.05, 4.69) is 42.6 Å². The monoisotopic (exact) mass is 264 g/mol. The lowest BCUT2D eigenvalue weighted by molar-refractivity contribution is 0.564. The van der Waals surface area contributed by atoms with Gasteiger partial charge in [-0.1, -0.05) is 55.0 Å². The highest BCUT2D eigenvalue weighted by Gasteiger charge is 2.28. The fraction of sp³-hybridized carbons (Fsp3) is 0.278. The Morgan fingerprint density at radius 3 is 2.25 bits per heavy atom. The fourth-order valence-electron chi connectivity index (χ4n) is 2.26. The first-order valence-corrected chi connectivity index (χ1v) is 6.97. The second kappa shape index (κ2) is 6.25. The van der Waals surface area contributed by atoms with Crippen molar-refractivity contribution in [3.63, 3.8) is 0 Å². The molecule has 2 nitrogen and oxygen atoms in total. The van der Waals surface area contributed by atoms with Gasteiger partial charge in [-0.3, -0.25) is 0 Å². The molecule has 0 fully saturated rings. The Bertz CT molecular complexity index is 581. The summed E-state index contributed by atoms with van der Waals surface area (Å²) < 4.78 is 0. The normalized spacial score (nSPS) is 13.2. The molecule has 0 aliphatic rings. The van der Waals surface area contributed by atoms with Gasteiger partial charge in [0.15, 0.2) is 0 Å². The molecule has 0 radical (unpaired) electrons. The minimum atomic E-state index is -0.559. The SMILES string of the molecule is CCC(C#N)(Cc1ccccc1)Nc1ccc(C)cc1. The molecular formula is C18H20N2. The maximum Gasteiger partial charge on any atom is 0.129 e. The van der Waals surface area contributed by atoms with Gasteiger partial charge in [-0.15, -0.1) is 0 Å². The Hall–Kier alpha value is -2.27. The molecule has 102 valence electrons. The zero-order valence-electron chi connectivity index (χ0n) is 12.1. The summed E-state index contributed by atoms with van der Waals surface area (Å²) in [5.41, 5.74) is 2.83. The predicted octanol–water partition coefficient (Wildman–Crippen LogP) is 4.32. The number of aryl methyl sites for hydroxylation is 1. The molecule has 2 aromatic rings. The summed E-state index contributed by atoms with van der Waals surface area (Å²) in [7, 11) is 0. The molecule has 0 amide bonds. The smallest absolute Gasteiger partial charge is 0.129 e. The molecule has 2 aromatic carbocycles. The van der Waals surface area contributed by atoms with Crippen molar-refractivity contribution < 1.29 is 0 Å². The van der Waals surface area contributed by atoms with E-state index >= 15 is 0 Å². The van der Waals surface area contributed by atoms with Gasteiger partial charge in [-0.2, -0.15) is 5.26 Å². The van der Waals surface area contributed by atoms with Crippen molar-refractivity contribution in [2.45, 2.75) is 32.2 Å². The van der Waals surface area contributed by atoms with Crippen LogP contribution >= 0.6 is 0 Å². The van der Waals surface area contributed by atoms with Gasteiger partial charge in [0.2, 0.25) is 0 Å². The van der Waals surface area contributed by atoms with E-state index in [0.717, 1.165) is 12.1 Å². The summed E-state index contributed by atoms with van der Waals surface area (Å²) >= 11 is 0. The lowest BCUT2D eigenvalue weighted by Crippen LogP contribution is -2.38. The summed E-state index contributed by atoms with van der Waals surface area (Å²) in [5, 5.41) is 13.0. The number of hydrogen-bond acceptors (Lipinski definition) is 2. The molecule has 0 saturated heterocycles. The topological polar surface area (TPSA) is 35.8 Å². The first kappa shape index (κ1) is 14.1. The standard InChI is InChI=1S/C18H20N2/c1-3-18(14-19,13-16-7-5-4-6-8-16)20-17-11-9-15(2)10-12-17/h4-12,20H,3,13H2,1-2H3. The van der Waals surface area contributed by atoms with Gasteiger partial charge in [0, 0.05) is 12.1 Å². The third kappa shape index (κ3) is 3.39. The molecule has 1 unspecified atom stereocenters. The predicted molar refractivity (Wildman–Crippen MR) is 83.6 cm³/mol. The molecule has 0 aliphatic heterocycles. The number of hydrogen-bond donors (Lipinski definition) is 1. The van der Waals surface area contributed by atoms with E-state index < -0.39 is 5.54 Å². The molecule has 0 saturated carbocycles. The van der Waals surface area contributed by atoms with Crippen LogP contribution in [0.25, 0.3) is 0 Å². The average Bonchev–Trinajstić information content (AvgIpc) is 2.50. The van der Waals surface area contributed by atoms with E-state index in [1.54, 1.807) is 0 Å². The van der Waals surface area contributed by atoms with Gasteiger partial charge in [0.1, 0.15) is 5.54 Å². The maximum atomic E-state index is 9.64. The van der Waals surface area contributed by atoms with Gasteiger partial charge in [-0.25, -0.2) is 0 Å². The highest BCUT2D eigenvalue weighted by Crippen LogP contribution is 2.23. The van der Waals surface area contributed by atoms with Crippen LogP contribution in [-0.4, -0.2) is 5.54 Å². The molecule has 0 aromatic heterocycles. The van der Waals surface area contributed by atoms with Gasteiger partial charge >= 0.3 is 0 Å². The van der Waals surface area contributed by atoms with Crippen LogP contribution in [0.2, 0.25) is 0 Å². The summed E-state index contributed by atoms with van der Waals surface area (Å²) in [6.45, 7) is 4.11. The minimum absolute atomic E-state index is 0.559. The highest BCUT2D eigenvalue weighted by atomic mass is 15.0. The van der Waals surface area contributed by atoms with E-state index in [1.165, 1.54) is 11.1 Å². The van der Waals surface area contributed by atoms with Crippen LogP contribution in [0.15, 0.2) is 54.6 Å². The summed E-state index contributed by atoms with van der Waals surface area (Å²) in [4.78, 5) is 0. The van der Waals surface area contributed by atoms with Crippen LogP contribution in [0.3, 0.4) is 0 Å². The first-order valence-electron chi connectivity index (χ1n) is 6.97. The van der Waals surface area contributed by atoms with E-state index in [1.807, 2.05) is 37.3 Å². The molecule has 0 spiro atoms. The Balaban J connectivity index is 2.21. The molecule has 0 aliphatic carbocycles. The zero-order valence-corrected chi connectivity index (χ0v) is 12.1. The van der Waals surface area contributed by atoms with E-state index in [4.69, 9.17) is 0 Å². The van der Waals surface area contributed by atoms with Crippen molar-refractivity contribution >= 4 is 5.69 Å². The molecule has 1 atom stereocenters. The molecule has 0 heterocycles. The second-order valence-electron chi connectivity index (χ2n) is 5.20. The maximum absolute atomic E-state index is 9.64. The molecule has 20 heavy (non-hydrogen) atoms. The molecule has 1 N–H and O–H groups in total. The zero-order chi connectivity index (χ0) is 14.4. The van der Waals surface area contributed by atoms with E-state index in [0.29, 0.717) is 6.42 Å². The fourth-order valence-corrected chi connectivity index (χ4v) is 2.26. The molecular weight excluding hydrogens is 244 g/mol. The molecule has 2 heteroatoms. The van der Waals surface area contributed by atoms with Crippen molar-refractivity contribution in [3.8, 4) is 6.07 Å². The van der Waals surface area contributed by atoms with Gasteiger partial charge < -0.3 is 5.32 Å². The lowest BCUT2D eigenvalue weighted by atomic mass is 9.89. The number of nitrogens with zero attached hydrogens (tertiary/aromatic N) is 1. The van der Waals surface area contributed by atoms with Crippen molar-refractivity contribution in [1.29, 1.82) is 5.26 Å². The summed E-state index contributed by atoms with van der Waals surface area (Å²) in [6, 6.07) is 20.8. The number of benzene rings is 2. The van der Waals surface area contributed by atoms with Crippen LogP contribution in [0.1, 0.15) is 24.5 Å². The Kier molecular flexibility index (Phi) is 4.42. The van der Waals surface area contributed by atoms with Crippen molar-refractivity contribution in [2.24, 2.45) is 0 Å². The highest BCUT2D eigenvalue weighted by molar-refractivity contribution is 5.49. The largest absolute Gasteiger partial charge is 0.367 e. The quantitative estimate of drug-likeness (QED) is 0.872. The van der Waals surface area contributed by atoms with Crippen LogP contribution in [0.4, 0.5) is 5.69 Å². The number of anilines is 1. The van der Waals surface area contributed by atoms with Crippen molar-refractivity contribution in [3.05, 3.63) is 65.7 Å². The Morgan fingerprint density at radius 2 is 1.70 bits per heavy atom. The van der Waals surface area contributed by atoms with Gasteiger partial charge in [0.25, 0.3) is 0 Å². The van der Waals surface area contributed by atoms with Gasteiger partial charge in [0.05, 0.1) is 6.07 Å². The van der Waals surface area contributed by atoms with Crippen LogP contribution < -0.4 is 5.32 Å². The van der Waals surface area contributed by atoms with Crippen molar-refractivity contribution in [2.75, 3.05) is 5.32 Å². The second-order valence-corrected chi connectivity index (χ2v) is 5.20. The van der Waals surface area contributed by atoms with Crippen LogP contribution in [0.5, 0.6) is 0 Å². The van der Waals surface area contributed by atoms with E-state index in [9.17, 15) is 5.26 Å². The van der Waals surface area contributed by atoms with Crippen LogP contribution in [0, 0.1) is 18.3 Å². The Labute approximate surface area is 121 Å². The van der Waals surface area contributed by atoms with E-state index in [-0.39, 0.29) is 0 Å². The minimum Gasteiger partial charge on any atom is -0.367 e. The lowest BCUT2D eigenvalue weighted by Gasteiger charge is -2.28. The Morgan fingerprint density at radius 1 is 1.05 bits per heavy atom. The third-order valence-electron chi connectivity index (χ3n) is 3.60. The molecule has 0 bridgehead atoms. The average molecular weight is 264 g/mol. The molecule has 2 rings (SSSR count). The summed E-state index contributed by atoms with van der Waals surface area (Å²) in [6.07, 6.45) is 1.46. The number of nitriles is 1. The van der Waals surface area contributed by atoms with Crippen LogP contribution in [-0.2, 0) is 6.42 Å². The first-order chi connectivity index (χ1) is 9.67.